The summed E-state index contributed by atoms with van der Waals surface area (Å²) >= 11 is 0. The minimum Gasteiger partial charge on any atom is -0.494 e. The maximum absolute atomic E-state index is 5.98. The fourth-order valence-electron chi connectivity index (χ4n) is 2.19. The number of nitrogens with two attached hydrogens (primary N) is 1. The predicted octanol–water partition coefficient (Wildman–Crippen LogP) is 2.87. The zero-order valence-electron chi connectivity index (χ0n) is 11.8. The van der Waals surface area contributed by atoms with Crippen LogP contribution >= 0.6 is 24.0 Å². The Morgan fingerprint density at radius 2 is 1.85 bits per heavy atom. The van der Waals surface area contributed by atoms with E-state index in [0.29, 0.717) is 12.6 Å². The number of aliphatic imine (C=N–C) groups is 1. The van der Waals surface area contributed by atoms with E-state index in [1.807, 2.05) is 30.3 Å². The molecule has 0 bridgehead atoms. The van der Waals surface area contributed by atoms with Gasteiger partial charge in [-0.25, -0.2) is 0 Å². The summed E-state index contributed by atoms with van der Waals surface area (Å²) in [6, 6.07) is 9.86. The van der Waals surface area contributed by atoms with Gasteiger partial charge in [-0.3, -0.25) is 4.99 Å². The highest BCUT2D eigenvalue weighted by Crippen LogP contribution is 2.09. The topological polar surface area (TPSA) is 50.9 Å². The zero-order valence-corrected chi connectivity index (χ0v) is 14.2. The van der Waals surface area contributed by atoms with Crippen LogP contribution in [-0.2, 0) is 0 Å². The molecule has 2 rings (SSSR count). The Balaban J connectivity index is 0.00000200. The van der Waals surface area contributed by atoms with Crippen LogP contribution in [0.1, 0.15) is 25.7 Å². The van der Waals surface area contributed by atoms with E-state index in [9.17, 15) is 0 Å². The van der Waals surface area contributed by atoms with Crippen LogP contribution in [0.15, 0.2) is 35.3 Å². The molecule has 0 aromatic heterocycles. The average Bonchev–Trinajstić information content (AvgIpc) is 2.49. The van der Waals surface area contributed by atoms with E-state index in [0.717, 1.165) is 31.8 Å². The van der Waals surface area contributed by atoms with Crippen molar-refractivity contribution >= 4 is 29.9 Å². The van der Waals surface area contributed by atoms with E-state index < -0.39 is 0 Å². The van der Waals surface area contributed by atoms with Crippen molar-refractivity contribution in [2.75, 3.05) is 26.2 Å². The minimum atomic E-state index is 0. The van der Waals surface area contributed by atoms with Gasteiger partial charge < -0.3 is 15.4 Å². The lowest BCUT2D eigenvalue weighted by atomic mass is 10.1. The largest absolute Gasteiger partial charge is 0.494 e. The molecule has 1 aliphatic heterocycles. The molecule has 0 aliphatic carbocycles. The Kier molecular flexibility index (Phi) is 8.41. The Labute approximate surface area is 138 Å². The second-order valence-electron chi connectivity index (χ2n) is 4.80. The quantitative estimate of drug-likeness (QED) is 0.365. The van der Waals surface area contributed by atoms with Crippen molar-refractivity contribution in [3.8, 4) is 5.75 Å². The number of piperidine rings is 1. The Morgan fingerprint density at radius 1 is 1.15 bits per heavy atom. The van der Waals surface area contributed by atoms with Crippen LogP contribution in [0.25, 0.3) is 0 Å². The molecule has 1 aliphatic rings. The molecule has 1 saturated heterocycles. The van der Waals surface area contributed by atoms with Crippen molar-refractivity contribution in [1.82, 2.24) is 4.90 Å². The number of likely N-dealkylation sites (tertiary alicyclic amines) is 1. The van der Waals surface area contributed by atoms with E-state index in [4.69, 9.17) is 10.5 Å². The number of hydrogen-bond acceptors (Lipinski definition) is 2. The number of halogens is 1. The van der Waals surface area contributed by atoms with E-state index in [2.05, 4.69) is 9.89 Å². The highest BCUT2D eigenvalue weighted by molar-refractivity contribution is 14.0. The number of benzene rings is 1. The molecule has 4 nitrogen and oxygen atoms in total. The van der Waals surface area contributed by atoms with Gasteiger partial charge >= 0.3 is 0 Å². The summed E-state index contributed by atoms with van der Waals surface area (Å²) in [6.07, 6.45) is 4.67. The smallest absolute Gasteiger partial charge is 0.191 e. The Morgan fingerprint density at radius 3 is 2.55 bits per heavy atom. The highest BCUT2D eigenvalue weighted by Gasteiger charge is 2.11. The van der Waals surface area contributed by atoms with Gasteiger partial charge in [-0.15, -0.1) is 24.0 Å². The highest BCUT2D eigenvalue weighted by atomic mass is 127. The van der Waals surface area contributed by atoms with Crippen LogP contribution < -0.4 is 10.5 Å². The fraction of sp³-hybridized carbons (Fsp3) is 0.533. The third kappa shape index (κ3) is 5.98. The molecule has 1 heterocycles. The molecule has 1 aromatic rings. The normalized spacial score (nSPS) is 15.6. The number of ether oxygens (including phenoxy) is 1. The van der Waals surface area contributed by atoms with Crippen molar-refractivity contribution in [3.05, 3.63) is 30.3 Å². The van der Waals surface area contributed by atoms with E-state index in [1.165, 1.54) is 19.3 Å². The molecule has 20 heavy (non-hydrogen) atoms. The van der Waals surface area contributed by atoms with Gasteiger partial charge in [0.1, 0.15) is 5.75 Å². The van der Waals surface area contributed by atoms with Crippen LogP contribution in [-0.4, -0.2) is 37.1 Å². The monoisotopic (exact) mass is 389 g/mol. The summed E-state index contributed by atoms with van der Waals surface area (Å²) in [7, 11) is 0. The second-order valence-corrected chi connectivity index (χ2v) is 4.80. The fourth-order valence-corrected chi connectivity index (χ4v) is 2.19. The summed E-state index contributed by atoms with van der Waals surface area (Å²) in [5, 5.41) is 0. The van der Waals surface area contributed by atoms with Gasteiger partial charge in [0.05, 0.1) is 6.61 Å². The van der Waals surface area contributed by atoms with Crippen molar-refractivity contribution in [1.29, 1.82) is 0 Å². The van der Waals surface area contributed by atoms with Gasteiger partial charge in [-0.05, 0) is 31.4 Å². The zero-order chi connectivity index (χ0) is 13.3. The molecule has 5 heteroatoms. The molecular weight excluding hydrogens is 365 g/mol. The number of rotatable bonds is 5. The molecule has 2 N–H and O–H groups in total. The summed E-state index contributed by atoms with van der Waals surface area (Å²) in [4.78, 5) is 6.60. The van der Waals surface area contributed by atoms with Crippen molar-refractivity contribution in [2.45, 2.75) is 25.7 Å². The van der Waals surface area contributed by atoms with Crippen LogP contribution in [0, 0.1) is 0 Å². The lowest BCUT2D eigenvalue weighted by Gasteiger charge is -2.27. The molecule has 1 fully saturated rings. The maximum Gasteiger partial charge on any atom is 0.191 e. The van der Waals surface area contributed by atoms with Crippen LogP contribution in [0.4, 0.5) is 0 Å². The lowest BCUT2D eigenvalue weighted by Crippen LogP contribution is -2.40. The first kappa shape index (κ1) is 17.1. The predicted molar refractivity (Wildman–Crippen MR) is 93.9 cm³/mol. The third-order valence-electron chi connectivity index (χ3n) is 3.27. The first-order valence-electron chi connectivity index (χ1n) is 7.09. The van der Waals surface area contributed by atoms with Crippen LogP contribution in [0.2, 0.25) is 0 Å². The lowest BCUT2D eigenvalue weighted by molar-refractivity contribution is 0.312. The van der Waals surface area contributed by atoms with Crippen LogP contribution in [0.5, 0.6) is 5.75 Å². The standard InChI is InChI=1S/C15H23N3O.HI/c16-15(18-11-5-2-6-12-18)17-10-7-13-19-14-8-3-1-4-9-14;/h1,3-4,8-9H,2,5-7,10-13H2,(H2,16,17);1H. The summed E-state index contributed by atoms with van der Waals surface area (Å²) in [6.45, 7) is 3.52. The molecule has 0 atom stereocenters. The number of guanidine groups is 1. The molecule has 1 aromatic carbocycles. The Bertz CT molecular complexity index is 391. The maximum atomic E-state index is 5.98. The first-order chi connectivity index (χ1) is 9.36. The number of hydrogen-bond donors (Lipinski definition) is 1. The molecule has 0 saturated carbocycles. The summed E-state index contributed by atoms with van der Waals surface area (Å²) in [5.41, 5.74) is 5.98. The minimum absolute atomic E-state index is 0. The van der Waals surface area contributed by atoms with Gasteiger partial charge in [0.15, 0.2) is 5.96 Å². The molecule has 112 valence electrons. The average molecular weight is 389 g/mol. The van der Waals surface area contributed by atoms with Gasteiger partial charge in [0, 0.05) is 26.1 Å². The van der Waals surface area contributed by atoms with Crippen molar-refractivity contribution < 1.29 is 4.74 Å². The number of para-hydroxylation sites is 1. The van der Waals surface area contributed by atoms with Gasteiger partial charge in [0.25, 0.3) is 0 Å². The third-order valence-corrected chi connectivity index (χ3v) is 3.27. The molecular formula is C15H24IN3O. The van der Waals surface area contributed by atoms with Crippen LogP contribution in [0.3, 0.4) is 0 Å². The summed E-state index contributed by atoms with van der Waals surface area (Å²) < 4.78 is 5.61. The van der Waals surface area contributed by atoms with E-state index in [1.54, 1.807) is 0 Å². The number of nitrogens with zero attached hydrogens (tertiary/aromatic N) is 2. The molecule has 0 radical (unpaired) electrons. The van der Waals surface area contributed by atoms with E-state index >= 15 is 0 Å². The molecule has 0 amide bonds. The van der Waals surface area contributed by atoms with Crippen molar-refractivity contribution in [2.24, 2.45) is 10.7 Å². The van der Waals surface area contributed by atoms with E-state index in [-0.39, 0.29) is 24.0 Å². The SMILES string of the molecule is I.NC(=NCCCOc1ccccc1)N1CCCCC1. The van der Waals surface area contributed by atoms with Gasteiger partial charge in [-0.2, -0.15) is 0 Å². The molecule has 0 spiro atoms. The van der Waals surface area contributed by atoms with Crippen molar-refractivity contribution in [3.63, 3.8) is 0 Å². The molecule has 0 unspecified atom stereocenters. The first-order valence-corrected chi connectivity index (χ1v) is 7.09. The Hall–Kier alpha value is -0.980. The van der Waals surface area contributed by atoms with Gasteiger partial charge in [-0.1, -0.05) is 18.2 Å². The summed E-state index contributed by atoms with van der Waals surface area (Å²) in [5.74, 6) is 1.61. The van der Waals surface area contributed by atoms with Gasteiger partial charge in [0.2, 0.25) is 0 Å². The second kappa shape index (κ2) is 9.85.